The lowest BCUT2D eigenvalue weighted by molar-refractivity contribution is -0.135. The zero-order chi connectivity index (χ0) is 31.7. The quantitative estimate of drug-likeness (QED) is 0.244. The van der Waals surface area contributed by atoms with Gasteiger partial charge in [0.15, 0.2) is 0 Å². The first-order chi connectivity index (χ1) is 22.6. The van der Waals surface area contributed by atoms with E-state index >= 15 is 0 Å². The molecule has 0 radical (unpaired) electrons. The minimum absolute atomic E-state index is 0.0228. The molecular weight excluding hydrogens is 582 g/mol. The Kier molecular flexibility index (Phi) is 10.5. The molecule has 3 aromatic rings. The number of hydrogen-bond acceptors (Lipinski definition) is 6. The van der Waals surface area contributed by atoms with Crippen LogP contribution in [0.15, 0.2) is 78.9 Å². The zero-order valence-corrected chi connectivity index (χ0v) is 26.3. The number of ether oxygens (including phenoxy) is 3. The highest BCUT2D eigenvalue weighted by Crippen LogP contribution is 2.44. The van der Waals surface area contributed by atoms with Crippen LogP contribution in [0.4, 0.5) is 9.59 Å². The zero-order valence-electron chi connectivity index (χ0n) is 26.3. The number of alkyl carbamates (subject to hydrolysis) is 1. The Morgan fingerprint density at radius 2 is 1.41 bits per heavy atom. The Bertz CT molecular complexity index is 1440. The third-order valence-electron chi connectivity index (χ3n) is 9.25. The Hall–Kier alpha value is -4.37. The molecule has 0 bridgehead atoms. The number of rotatable bonds is 12. The van der Waals surface area contributed by atoms with Crippen LogP contribution in [0.2, 0.25) is 0 Å². The Morgan fingerprint density at radius 1 is 0.783 bits per heavy atom. The summed E-state index contributed by atoms with van der Waals surface area (Å²) in [5.74, 6) is -0.229. The van der Waals surface area contributed by atoms with Gasteiger partial charge >= 0.3 is 12.2 Å². The van der Waals surface area contributed by atoms with Crippen LogP contribution < -0.4 is 5.32 Å². The first-order valence-electron chi connectivity index (χ1n) is 16.5. The normalized spacial score (nSPS) is 16.6. The molecule has 3 aliphatic rings. The summed E-state index contributed by atoms with van der Waals surface area (Å²) in [5, 5.41) is 2.88. The molecular formula is C37H43N3O6. The topological polar surface area (TPSA) is 97.4 Å². The molecule has 0 aromatic heterocycles. The monoisotopic (exact) mass is 625 g/mol. The summed E-state index contributed by atoms with van der Waals surface area (Å²) in [6.07, 6.45) is 3.96. The summed E-state index contributed by atoms with van der Waals surface area (Å²) in [6, 6.07) is 25.7. The van der Waals surface area contributed by atoms with Gasteiger partial charge in [-0.25, -0.2) is 9.59 Å². The van der Waals surface area contributed by atoms with Gasteiger partial charge in [-0.05, 0) is 66.3 Å². The molecule has 242 valence electrons. The number of carbonyl (C=O) groups excluding carboxylic acids is 3. The van der Waals surface area contributed by atoms with Gasteiger partial charge in [0.05, 0.1) is 6.61 Å². The van der Waals surface area contributed by atoms with E-state index in [1.54, 1.807) is 9.80 Å². The molecule has 1 atom stereocenters. The molecule has 1 heterocycles. The van der Waals surface area contributed by atoms with E-state index in [1.165, 1.54) is 0 Å². The number of benzene rings is 3. The van der Waals surface area contributed by atoms with E-state index in [-0.39, 0.29) is 30.6 Å². The summed E-state index contributed by atoms with van der Waals surface area (Å²) < 4.78 is 17.2. The molecule has 9 heteroatoms. The Balaban J connectivity index is 1.03. The van der Waals surface area contributed by atoms with Crippen molar-refractivity contribution in [2.45, 2.75) is 63.2 Å². The maximum absolute atomic E-state index is 13.7. The number of nitrogens with zero attached hydrogens (tertiary/aromatic N) is 2. The van der Waals surface area contributed by atoms with Crippen LogP contribution in [-0.4, -0.2) is 79.4 Å². The molecule has 9 nitrogen and oxygen atoms in total. The van der Waals surface area contributed by atoms with Crippen molar-refractivity contribution in [3.8, 4) is 11.1 Å². The van der Waals surface area contributed by atoms with Gasteiger partial charge in [-0.3, -0.25) is 4.79 Å². The van der Waals surface area contributed by atoms with E-state index in [1.807, 2.05) is 54.6 Å². The maximum Gasteiger partial charge on any atom is 0.410 e. The number of fused-ring (bicyclic) bond motifs is 3. The van der Waals surface area contributed by atoms with Gasteiger partial charge in [0, 0.05) is 38.7 Å². The molecule has 1 unspecified atom stereocenters. The van der Waals surface area contributed by atoms with E-state index in [4.69, 9.17) is 14.2 Å². The number of unbranched alkanes of at least 4 members (excludes halogenated alkanes) is 1. The lowest BCUT2D eigenvalue weighted by Crippen LogP contribution is -2.56. The van der Waals surface area contributed by atoms with Crippen molar-refractivity contribution in [1.29, 1.82) is 0 Å². The summed E-state index contributed by atoms with van der Waals surface area (Å²) >= 11 is 0. The van der Waals surface area contributed by atoms with Gasteiger partial charge < -0.3 is 29.3 Å². The molecule has 1 saturated carbocycles. The van der Waals surface area contributed by atoms with Crippen LogP contribution in [0.1, 0.15) is 61.1 Å². The van der Waals surface area contributed by atoms with Gasteiger partial charge in [0.1, 0.15) is 18.8 Å². The number of nitrogens with one attached hydrogen (secondary N) is 1. The Morgan fingerprint density at radius 3 is 2.07 bits per heavy atom. The van der Waals surface area contributed by atoms with Crippen LogP contribution in [-0.2, 0) is 25.6 Å². The second-order valence-electron chi connectivity index (χ2n) is 12.3. The van der Waals surface area contributed by atoms with Crippen molar-refractivity contribution in [3.05, 3.63) is 95.6 Å². The van der Waals surface area contributed by atoms with E-state index in [9.17, 15) is 14.4 Å². The molecule has 46 heavy (non-hydrogen) atoms. The van der Waals surface area contributed by atoms with Gasteiger partial charge in [-0.15, -0.1) is 0 Å². The van der Waals surface area contributed by atoms with Gasteiger partial charge in [0.25, 0.3) is 0 Å². The average Bonchev–Trinajstić information content (AvgIpc) is 3.40. The van der Waals surface area contributed by atoms with E-state index in [0.717, 1.165) is 53.5 Å². The van der Waals surface area contributed by atoms with Crippen LogP contribution in [0.25, 0.3) is 11.1 Å². The van der Waals surface area contributed by atoms with E-state index in [2.05, 4.69) is 29.6 Å². The molecule has 3 aromatic carbocycles. The Labute approximate surface area is 270 Å². The first-order valence-corrected chi connectivity index (χ1v) is 16.5. The molecule has 3 amide bonds. The molecule has 1 N–H and O–H groups in total. The standard InChI is InChI=1S/C37H43N3O6/c41-35(39-20-22-40(23-21-39)37(43)46-28-13-10-14-28)34(19-8-9-24-44-25-27-11-2-1-3-12-27)38-36(42)45-26-33-31-17-6-4-15-29(31)30-16-5-7-18-32(30)33/h1-7,11-12,15-18,28,33-34H,8-10,13-14,19-26H2,(H,38,42). The predicted octanol–water partition coefficient (Wildman–Crippen LogP) is 6.11. The minimum Gasteiger partial charge on any atom is -0.449 e. The fourth-order valence-electron chi connectivity index (χ4n) is 6.39. The largest absolute Gasteiger partial charge is 0.449 e. The van der Waals surface area contributed by atoms with Crippen molar-refractivity contribution >= 4 is 18.1 Å². The SMILES string of the molecule is O=C(NC(CCCCOCc1ccccc1)C(=O)N1CCN(C(=O)OC2CCC2)CC1)OCC1c2ccccc2-c2ccccc21. The molecule has 1 aliphatic heterocycles. The summed E-state index contributed by atoms with van der Waals surface area (Å²) in [7, 11) is 0. The second-order valence-corrected chi connectivity index (χ2v) is 12.3. The smallest absolute Gasteiger partial charge is 0.410 e. The van der Waals surface area contributed by atoms with E-state index < -0.39 is 12.1 Å². The van der Waals surface area contributed by atoms with E-state index in [0.29, 0.717) is 52.2 Å². The van der Waals surface area contributed by atoms with Gasteiger partial charge in [-0.1, -0.05) is 78.9 Å². The maximum atomic E-state index is 13.7. The van der Waals surface area contributed by atoms with Crippen LogP contribution in [0.5, 0.6) is 0 Å². The number of carbonyl (C=O) groups is 3. The van der Waals surface area contributed by atoms with Crippen molar-refractivity contribution in [2.24, 2.45) is 0 Å². The van der Waals surface area contributed by atoms with Crippen molar-refractivity contribution in [2.75, 3.05) is 39.4 Å². The molecule has 1 saturated heterocycles. The highest BCUT2D eigenvalue weighted by atomic mass is 16.6. The van der Waals surface area contributed by atoms with Crippen LogP contribution in [0, 0.1) is 0 Å². The highest BCUT2D eigenvalue weighted by molar-refractivity contribution is 5.86. The fourth-order valence-corrected chi connectivity index (χ4v) is 6.39. The summed E-state index contributed by atoms with van der Waals surface area (Å²) in [6.45, 7) is 2.86. The van der Waals surface area contributed by atoms with Crippen molar-refractivity contribution in [1.82, 2.24) is 15.1 Å². The van der Waals surface area contributed by atoms with Gasteiger partial charge in [-0.2, -0.15) is 0 Å². The van der Waals surface area contributed by atoms with Gasteiger partial charge in [0.2, 0.25) is 5.91 Å². The summed E-state index contributed by atoms with van der Waals surface area (Å²) in [5.41, 5.74) is 5.69. The number of amides is 3. The highest BCUT2D eigenvalue weighted by Gasteiger charge is 2.33. The van der Waals surface area contributed by atoms with Crippen LogP contribution in [0.3, 0.4) is 0 Å². The molecule has 2 aliphatic carbocycles. The van der Waals surface area contributed by atoms with Crippen molar-refractivity contribution < 1.29 is 28.6 Å². The summed E-state index contributed by atoms with van der Waals surface area (Å²) in [4.78, 5) is 42.8. The third kappa shape index (κ3) is 7.70. The first kappa shape index (κ1) is 31.6. The lowest BCUT2D eigenvalue weighted by atomic mass is 9.96. The van der Waals surface area contributed by atoms with Crippen molar-refractivity contribution in [3.63, 3.8) is 0 Å². The number of hydrogen-bond donors (Lipinski definition) is 1. The third-order valence-corrected chi connectivity index (χ3v) is 9.25. The molecule has 0 spiro atoms. The predicted molar refractivity (Wildman–Crippen MR) is 174 cm³/mol. The lowest BCUT2D eigenvalue weighted by Gasteiger charge is -2.37. The second kappa shape index (κ2) is 15.3. The minimum atomic E-state index is -0.738. The van der Waals surface area contributed by atoms with Crippen LogP contribution >= 0.6 is 0 Å². The fraction of sp³-hybridized carbons (Fsp3) is 0.432. The molecule has 2 fully saturated rings. The average molecular weight is 626 g/mol. The number of piperazine rings is 1. The molecule has 6 rings (SSSR count).